The average molecular weight is 503 g/mol. The van der Waals surface area contributed by atoms with E-state index in [1.54, 1.807) is 6.08 Å². The third-order valence-electron chi connectivity index (χ3n) is 11.9. The molecular formula is C29H46N2O5. The molecule has 5 aliphatic rings. The standard InChI is InChI=1S/C29H46N2O5/c1-16(2)25(30)26(34)31(5)19-8-10-27(3)18(13-19)6-7-21-22(27)14-23(32)28(4)20(9-11-29(21,28)35)17-12-24(33)36-15-17/h12,16,18-23,25,32,35H,6-11,13-15,30H2,1-5H3/t18-,19+,20-,21-,22+,23-,25-,27+,28+,29+/m1/s1. The fraction of sp³-hybridized carbons (Fsp3) is 0.862. The van der Waals surface area contributed by atoms with Gasteiger partial charge in [0.2, 0.25) is 5.91 Å². The van der Waals surface area contributed by atoms with E-state index >= 15 is 0 Å². The van der Waals surface area contributed by atoms with Crippen molar-refractivity contribution in [2.75, 3.05) is 13.7 Å². The molecule has 0 aromatic rings. The highest BCUT2D eigenvalue weighted by atomic mass is 16.5. The first kappa shape index (κ1) is 26.2. The second-order valence-electron chi connectivity index (χ2n) is 13.5. The summed E-state index contributed by atoms with van der Waals surface area (Å²) >= 11 is 0. The molecule has 10 atom stereocenters. The third-order valence-corrected chi connectivity index (χ3v) is 11.9. The van der Waals surface area contributed by atoms with Gasteiger partial charge in [-0.1, -0.05) is 27.7 Å². The van der Waals surface area contributed by atoms with Crippen molar-refractivity contribution in [1.29, 1.82) is 0 Å². The van der Waals surface area contributed by atoms with E-state index in [-0.39, 0.29) is 53.6 Å². The second kappa shape index (κ2) is 8.81. The minimum atomic E-state index is -0.950. The summed E-state index contributed by atoms with van der Waals surface area (Å²) in [5.74, 6) is 0.656. The van der Waals surface area contributed by atoms with Crippen LogP contribution in [-0.2, 0) is 14.3 Å². The number of fused-ring (bicyclic) bond motifs is 5. The lowest BCUT2D eigenvalue weighted by Gasteiger charge is -2.65. The van der Waals surface area contributed by atoms with Gasteiger partial charge in [-0.15, -0.1) is 0 Å². The van der Waals surface area contributed by atoms with Crippen LogP contribution >= 0.6 is 0 Å². The van der Waals surface area contributed by atoms with E-state index < -0.39 is 23.2 Å². The summed E-state index contributed by atoms with van der Waals surface area (Å²) in [6.45, 7) is 8.70. The Morgan fingerprint density at radius 1 is 1.14 bits per heavy atom. The Kier molecular flexibility index (Phi) is 6.40. The Bertz CT molecular complexity index is 950. The van der Waals surface area contributed by atoms with Gasteiger partial charge in [0.05, 0.1) is 17.7 Å². The summed E-state index contributed by atoms with van der Waals surface area (Å²) in [6.07, 6.45) is 7.96. The number of rotatable bonds is 4. The molecule has 4 fully saturated rings. The van der Waals surface area contributed by atoms with Gasteiger partial charge < -0.3 is 25.6 Å². The Labute approximate surface area is 215 Å². The van der Waals surface area contributed by atoms with Crippen LogP contribution in [0.4, 0.5) is 0 Å². The summed E-state index contributed by atoms with van der Waals surface area (Å²) in [7, 11) is 1.91. The maximum absolute atomic E-state index is 13.0. The number of nitrogens with two attached hydrogens (primary N) is 1. The van der Waals surface area contributed by atoms with Crippen molar-refractivity contribution in [3.05, 3.63) is 11.6 Å². The lowest BCUT2D eigenvalue weighted by molar-refractivity contribution is -0.243. The van der Waals surface area contributed by atoms with Crippen molar-refractivity contribution >= 4 is 11.9 Å². The fourth-order valence-electron chi connectivity index (χ4n) is 9.42. The molecule has 0 spiro atoms. The molecule has 202 valence electrons. The first-order chi connectivity index (χ1) is 16.8. The minimum absolute atomic E-state index is 0.0315. The molecule has 0 saturated heterocycles. The number of hydrogen-bond donors (Lipinski definition) is 3. The Morgan fingerprint density at radius 3 is 2.50 bits per heavy atom. The molecule has 0 aromatic heterocycles. The van der Waals surface area contributed by atoms with Crippen LogP contribution in [-0.4, -0.2) is 64.4 Å². The zero-order valence-corrected chi connectivity index (χ0v) is 22.7. The molecule has 1 heterocycles. The number of carbonyl (C=O) groups is 2. The highest BCUT2D eigenvalue weighted by Crippen LogP contribution is 2.70. The van der Waals surface area contributed by atoms with Crippen molar-refractivity contribution in [1.82, 2.24) is 4.90 Å². The molecule has 36 heavy (non-hydrogen) atoms. The number of aliphatic hydroxyl groups is 2. The van der Waals surface area contributed by atoms with Crippen LogP contribution < -0.4 is 5.73 Å². The second-order valence-corrected chi connectivity index (χ2v) is 13.5. The Morgan fingerprint density at radius 2 is 1.86 bits per heavy atom. The van der Waals surface area contributed by atoms with Crippen LogP contribution in [0, 0.1) is 40.4 Å². The monoisotopic (exact) mass is 502 g/mol. The average Bonchev–Trinajstić information content (AvgIpc) is 3.38. The van der Waals surface area contributed by atoms with Crippen LogP contribution in [0.3, 0.4) is 0 Å². The van der Waals surface area contributed by atoms with Crippen LogP contribution in [0.5, 0.6) is 0 Å². The molecule has 4 saturated carbocycles. The van der Waals surface area contributed by atoms with Gasteiger partial charge in [0.1, 0.15) is 6.61 Å². The number of ether oxygens (including phenoxy) is 1. The SMILES string of the molecule is CC(C)[C@@H](N)C(=O)N(C)[C@H]1CC[C@@]2(C)[C@H](CC[C@@H]3[C@@H]2C[C@@H](O)[C@]2(C)[C@@H](C4=CC(=O)OC4)CC[C@]32O)C1. The molecule has 7 heteroatoms. The van der Waals surface area contributed by atoms with Crippen molar-refractivity contribution in [3.63, 3.8) is 0 Å². The molecule has 0 unspecified atom stereocenters. The molecule has 1 amide bonds. The predicted molar refractivity (Wildman–Crippen MR) is 136 cm³/mol. The smallest absolute Gasteiger partial charge is 0.331 e. The molecule has 0 aromatic carbocycles. The van der Waals surface area contributed by atoms with Crippen molar-refractivity contribution < 1.29 is 24.5 Å². The van der Waals surface area contributed by atoms with Crippen LogP contribution in [0.25, 0.3) is 0 Å². The molecule has 1 aliphatic heterocycles. The fourth-order valence-corrected chi connectivity index (χ4v) is 9.42. The van der Waals surface area contributed by atoms with Gasteiger partial charge in [-0.3, -0.25) is 4.79 Å². The van der Waals surface area contributed by atoms with E-state index in [1.165, 1.54) is 0 Å². The maximum Gasteiger partial charge on any atom is 0.331 e. The summed E-state index contributed by atoms with van der Waals surface area (Å²) in [5.41, 5.74) is 5.54. The van der Waals surface area contributed by atoms with E-state index in [1.807, 2.05) is 25.8 Å². The van der Waals surface area contributed by atoms with Crippen molar-refractivity contribution in [3.8, 4) is 0 Å². The zero-order valence-electron chi connectivity index (χ0n) is 22.7. The van der Waals surface area contributed by atoms with Gasteiger partial charge in [-0.2, -0.15) is 0 Å². The zero-order chi connectivity index (χ0) is 26.2. The summed E-state index contributed by atoms with van der Waals surface area (Å²) in [5, 5.41) is 24.1. The van der Waals surface area contributed by atoms with E-state index in [4.69, 9.17) is 10.5 Å². The number of esters is 1. The molecule has 5 rings (SSSR count). The van der Waals surface area contributed by atoms with E-state index in [9.17, 15) is 19.8 Å². The van der Waals surface area contributed by atoms with Crippen LogP contribution in [0.1, 0.15) is 79.1 Å². The van der Waals surface area contributed by atoms with Gasteiger partial charge in [0, 0.05) is 24.6 Å². The summed E-state index contributed by atoms with van der Waals surface area (Å²) < 4.78 is 5.21. The van der Waals surface area contributed by atoms with E-state index in [2.05, 4.69) is 13.8 Å². The summed E-state index contributed by atoms with van der Waals surface area (Å²) in [4.78, 5) is 26.7. The highest BCUT2D eigenvalue weighted by Gasteiger charge is 2.70. The van der Waals surface area contributed by atoms with Crippen LogP contribution in [0.2, 0.25) is 0 Å². The normalized spacial score (nSPS) is 46.9. The van der Waals surface area contributed by atoms with Gasteiger partial charge in [-0.25, -0.2) is 4.79 Å². The van der Waals surface area contributed by atoms with Crippen molar-refractivity contribution in [2.24, 2.45) is 46.2 Å². The molecular weight excluding hydrogens is 456 g/mol. The first-order valence-corrected chi connectivity index (χ1v) is 14.1. The van der Waals surface area contributed by atoms with Gasteiger partial charge in [-0.05, 0) is 91.9 Å². The Hall–Kier alpha value is -1.44. The number of amides is 1. The van der Waals surface area contributed by atoms with Gasteiger partial charge in [0.15, 0.2) is 0 Å². The van der Waals surface area contributed by atoms with Crippen LogP contribution in [0.15, 0.2) is 11.6 Å². The lowest BCUT2D eigenvalue weighted by Crippen LogP contribution is -2.67. The number of likely N-dealkylation sites (N-methyl/N-ethyl adjacent to an activating group) is 1. The van der Waals surface area contributed by atoms with E-state index in [0.717, 1.165) is 44.1 Å². The molecule has 0 bridgehead atoms. The number of cyclic esters (lactones) is 1. The topological polar surface area (TPSA) is 113 Å². The molecule has 4 aliphatic carbocycles. The quantitative estimate of drug-likeness (QED) is 0.510. The highest BCUT2D eigenvalue weighted by molar-refractivity contribution is 5.85. The number of aliphatic hydroxyl groups excluding tert-OH is 1. The number of nitrogens with zero attached hydrogens (tertiary/aromatic N) is 1. The van der Waals surface area contributed by atoms with Gasteiger partial charge >= 0.3 is 5.97 Å². The number of carbonyl (C=O) groups excluding carboxylic acids is 2. The lowest BCUT2D eigenvalue weighted by atomic mass is 9.42. The Balaban J connectivity index is 1.37. The van der Waals surface area contributed by atoms with E-state index in [0.29, 0.717) is 18.8 Å². The molecule has 0 radical (unpaired) electrons. The maximum atomic E-state index is 13.0. The minimum Gasteiger partial charge on any atom is -0.458 e. The third kappa shape index (κ3) is 3.55. The summed E-state index contributed by atoms with van der Waals surface area (Å²) in [6, 6.07) is -0.271. The first-order valence-electron chi connectivity index (χ1n) is 14.1. The predicted octanol–water partition coefficient (Wildman–Crippen LogP) is 3.02. The largest absolute Gasteiger partial charge is 0.458 e. The van der Waals surface area contributed by atoms with Gasteiger partial charge in [0.25, 0.3) is 0 Å². The van der Waals surface area contributed by atoms with Crippen molar-refractivity contribution in [2.45, 2.75) is 103 Å². The number of hydrogen-bond acceptors (Lipinski definition) is 6. The molecule has 4 N–H and O–H groups in total. The molecule has 7 nitrogen and oxygen atoms in total.